The molecule has 3 N–H and O–H groups in total. The van der Waals surface area contributed by atoms with E-state index >= 15 is 0 Å². The van der Waals surface area contributed by atoms with Crippen LogP contribution in [-0.2, 0) is 9.59 Å². The normalized spacial score (nSPS) is 29.6. The van der Waals surface area contributed by atoms with E-state index in [0.29, 0.717) is 5.92 Å². The zero-order valence-corrected chi connectivity index (χ0v) is 10.9. The molecule has 0 aromatic carbocycles. The molecule has 2 aliphatic rings. The van der Waals surface area contributed by atoms with Gasteiger partial charge >= 0.3 is 12.0 Å². The summed E-state index contributed by atoms with van der Waals surface area (Å²) in [7, 11) is 0. The Kier molecular flexibility index (Phi) is 3.92. The molecule has 1 saturated carbocycles. The molecule has 1 heterocycles. The van der Waals surface area contributed by atoms with Crippen LogP contribution in [0.2, 0.25) is 0 Å². The van der Waals surface area contributed by atoms with Crippen LogP contribution in [0.4, 0.5) is 4.79 Å². The van der Waals surface area contributed by atoms with Gasteiger partial charge in [-0.05, 0) is 18.8 Å². The number of urea groups is 1. The number of carboxylic acids is 1. The molecule has 1 aliphatic heterocycles. The van der Waals surface area contributed by atoms with E-state index in [1.165, 1.54) is 0 Å². The molecule has 3 amide bonds. The molecule has 2 rings (SSSR count). The van der Waals surface area contributed by atoms with Gasteiger partial charge in [0.1, 0.15) is 12.6 Å². The molecule has 1 saturated heterocycles. The first-order chi connectivity index (χ1) is 9.02. The zero-order chi connectivity index (χ0) is 14.0. The van der Waals surface area contributed by atoms with Gasteiger partial charge in [-0.3, -0.25) is 9.69 Å². The van der Waals surface area contributed by atoms with Crippen molar-refractivity contribution in [2.24, 2.45) is 5.92 Å². The zero-order valence-electron chi connectivity index (χ0n) is 10.9. The van der Waals surface area contributed by atoms with Crippen molar-refractivity contribution in [1.82, 2.24) is 15.5 Å². The Balaban J connectivity index is 1.92. The first kappa shape index (κ1) is 13.6. The molecule has 3 atom stereocenters. The van der Waals surface area contributed by atoms with Gasteiger partial charge in [-0.1, -0.05) is 13.3 Å². The molecule has 7 heteroatoms. The topological polar surface area (TPSA) is 98.7 Å². The van der Waals surface area contributed by atoms with Crippen LogP contribution >= 0.6 is 0 Å². The molecular weight excluding hydrogens is 250 g/mol. The van der Waals surface area contributed by atoms with Gasteiger partial charge in [0.15, 0.2) is 0 Å². The van der Waals surface area contributed by atoms with Crippen molar-refractivity contribution in [1.29, 1.82) is 0 Å². The number of aliphatic carboxylic acids is 1. The fourth-order valence-electron chi connectivity index (χ4n) is 2.43. The Hall–Kier alpha value is -1.79. The number of carbonyl (C=O) groups excluding carboxylic acids is 2. The van der Waals surface area contributed by atoms with Crippen LogP contribution in [0.25, 0.3) is 0 Å². The van der Waals surface area contributed by atoms with Gasteiger partial charge in [-0.15, -0.1) is 0 Å². The summed E-state index contributed by atoms with van der Waals surface area (Å²) in [6, 6.07) is -1.31. The van der Waals surface area contributed by atoms with Crippen molar-refractivity contribution in [2.45, 2.75) is 38.3 Å². The number of nitrogens with zero attached hydrogens (tertiary/aromatic N) is 1. The Morgan fingerprint density at radius 1 is 1.53 bits per heavy atom. The second-order valence-electron chi connectivity index (χ2n) is 5.13. The highest BCUT2D eigenvalue weighted by Crippen LogP contribution is 2.34. The maximum Gasteiger partial charge on any atom is 0.328 e. The lowest BCUT2D eigenvalue weighted by Gasteiger charge is -2.32. The lowest BCUT2D eigenvalue weighted by molar-refractivity contribution is -0.144. The van der Waals surface area contributed by atoms with Crippen molar-refractivity contribution in [3.63, 3.8) is 0 Å². The van der Waals surface area contributed by atoms with Gasteiger partial charge < -0.3 is 15.7 Å². The Morgan fingerprint density at radius 2 is 2.26 bits per heavy atom. The maximum atomic E-state index is 12.0. The molecule has 0 bridgehead atoms. The summed E-state index contributed by atoms with van der Waals surface area (Å²) in [6.45, 7) is 1.85. The van der Waals surface area contributed by atoms with Crippen LogP contribution in [0.3, 0.4) is 0 Å². The largest absolute Gasteiger partial charge is 0.480 e. The van der Waals surface area contributed by atoms with Gasteiger partial charge in [0, 0.05) is 12.6 Å². The van der Waals surface area contributed by atoms with Crippen LogP contribution in [0, 0.1) is 5.92 Å². The molecule has 3 unspecified atom stereocenters. The number of nitrogens with one attached hydrogen (secondary N) is 2. The number of carboxylic acid groups (broad SMARTS) is 1. The van der Waals surface area contributed by atoms with Gasteiger partial charge in [0.2, 0.25) is 5.91 Å². The number of hydrogen-bond acceptors (Lipinski definition) is 3. The average molecular weight is 269 g/mol. The SMILES string of the molecule is CCCC1CC1NC(=O)N1CC(=O)NCC1C(=O)O. The van der Waals surface area contributed by atoms with Crippen molar-refractivity contribution < 1.29 is 19.5 Å². The monoisotopic (exact) mass is 269 g/mol. The third kappa shape index (κ3) is 3.15. The minimum atomic E-state index is -1.10. The van der Waals surface area contributed by atoms with E-state index in [9.17, 15) is 14.4 Å². The van der Waals surface area contributed by atoms with E-state index in [0.717, 1.165) is 24.2 Å². The minimum Gasteiger partial charge on any atom is -0.480 e. The second kappa shape index (κ2) is 5.46. The molecule has 2 fully saturated rings. The van der Waals surface area contributed by atoms with Crippen LogP contribution in [0.5, 0.6) is 0 Å². The Morgan fingerprint density at radius 3 is 2.89 bits per heavy atom. The van der Waals surface area contributed by atoms with E-state index in [4.69, 9.17) is 5.11 Å². The number of rotatable bonds is 4. The fraction of sp³-hybridized carbons (Fsp3) is 0.750. The Labute approximate surface area is 111 Å². The molecule has 0 spiro atoms. The smallest absolute Gasteiger partial charge is 0.328 e. The number of piperazine rings is 1. The summed E-state index contributed by atoms with van der Waals surface area (Å²) < 4.78 is 0. The molecule has 0 aromatic heterocycles. The first-order valence-electron chi connectivity index (χ1n) is 6.59. The second-order valence-corrected chi connectivity index (χ2v) is 5.13. The summed E-state index contributed by atoms with van der Waals surface area (Å²) in [5, 5.41) is 14.3. The fourth-order valence-corrected chi connectivity index (χ4v) is 2.43. The summed E-state index contributed by atoms with van der Waals surface area (Å²) >= 11 is 0. The van der Waals surface area contributed by atoms with Crippen molar-refractivity contribution in [3.8, 4) is 0 Å². The van der Waals surface area contributed by atoms with E-state index < -0.39 is 18.0 Å². The summed E-state index contributed by atoms with van der Waals surface area (Å²) in [6.07, 6.45) is 3.08. The van der Waals surface area contributed by atoms with E-state index in [2.05, 4.69) is 17.6 Å². The van der Waals surface area contributed by atoms with E-state index in [1.54, 1.807) is 0 Å². The van der Waals surface area contributed by atoms with Crippen LogP contribution in [0.1, 0.15) is 26.2 Å². The lowest BCUT2D eigenvalue weighted by atomic mass is 10.2. The number of hydrogen-bond donors (Lipinski definition) is 3. The van der Waals surface area contributed by atoms with Gasteiger partial charge in [0.25, 0.3) is 0 Å². The molecule has 1 aliphatic carbocycles. The van der Waals surface area contributed by atoms with Crippen molar-refractivity contribution >= 4 is 17.9 Å². The summed E-state index contributed by atoms with van der Waals surface area (Å²) in [4.78, 5) is 35.5. The molecule has 0 radical (unpaired) electrons. The number of amides is 3. The highest BCUT2D eigenvalue weighted by molar-refractivity contribution is 5.90. The third-order valence-corrected chi connectivity index (χ3v) is 3.62. The van der Waals surface area contributed by atoms with Gasteiger partial charge in [-0.25, -0.2) is 9.59 Å². The van der Waals surface area contributed by atoms with Crippen LogP contribution in [0.15, 0.2) is 0 Å². The first-order valence-corrected chi connectivity index (χ1v) is 6.59. The lowest BCUT2D eigenvalue weighted by Crippen LogP contribution is -2.61. The third-order valence-electron chi connectivity index (χ3n) is 3.62. The predicted octanol–water partition coefficient (Wildman–Crippen LogP) is -0.230. The molecule has 0 aromatic rings. The van der Waals surface area contributed by atoms with E-state index in [1.807, 2.05) is 0 Å². The van der Waals surface area contributed by atoms with E-state index in [-0.39, 0.29) is 25.0 Å². The molecule has 19 heavy (non-hydrogen) atoms. The maximum absolute atomic E-state index is 12.0. The predicted molar refractivity (Wildman–Crippen MR) is 66.5 cm³/mol. The van der Waals surface area contributed by atoms with Crippen LogP contribution < -0.4 is 10.6 Å². The van der Waals surface area contributed by atoms with Gasteiger partial charge in [-0.2, -0.15) is 0 Å². The quantitative estimate of drug-likeness (QED) is 0.656. The van der Waals surface area contributed by atoms with Gasteiger partial charge in [0.05, 0.1) is 0 Å². The van der Waals surface area contributed by atoms with Crippen LogP contribution in [-0.4, -0.2) is 53.1 Å². The highest BCUT2D eigenvalue weighted by atomic mass is 16.4. The highest BCUT2D eigenvalue weighted by Gasteiger charge is 2.41. The van der Waals surface area contributed by atoms with Crippen molar-refractivity contribution in [2.75, 3.05) is 13.1 Å². The molecule has 7 nitrogen and oxygen atoms in total. The average Bonchev–Trinajstić information content (AvgIpc) is 3.07. The molecular formula is C12H19N3O4. The minimum absolute atomic E-state index is 0.0371. The number of carbonyl (C=O) groups is 3. The summed E-state index contributed by atoms with van der Waals surface area (Å²) in [5.41, 5.74) is 0. The van der Waals surface area contributed by atoms with Crippen molar-refractivity contribution in [3.05, 3.63) is 0 Å². The summed E-state index contributed by atoms with van der Waals surface area (Å²) in [5.74, 6) is -0.930. The standard InChI is InChI=1S/C12H19N3O4/c1-2-3-7-4-8(7)14-12(19)15-6-10(16)13-5-9(15)11(17)18/h7-9H,2-6H2,1H3,(H,13,16)(H,14,19)(H,17,18). The molecule has 106 valence electrons. The Bertz CT molecular complexity index is 398.